The summed E-state index contributed by atoms with van der Waals surface area (Å²) in [7, 11) is -3.48. The number of nitrogens with zero attached hydrogens (tertiary/aromatic N) is 1. The zero-order valence-corrected chi connectivity index (χ0v) is 11.2. The van der Waals surface area contributed by atoms with Crippen LogP contribution in [0.15, 0.2) is 34.2 Å². The first-order valence-electron chi connectivity index (χ1n) is 5.56. The number of sulfonamides is 1. The van der Waals surface area contributed by atoms with E-state index in [0.717, 1.165) is 12.0 Å². The van der Waals surface area contributed by atoms with E-state index >= 15 is 0 Å². The first-order chi connectivity index (χ1) is 7.95. The van der Waals surface area contributed by atoms with Crippen LogP contribution in [0.2, 0.25) is 0 Å². The molecule has 1 atom stereocenters. The quantitative estimate of drug-likeness (QED) is 0.646. The highest BCUT2D eigenvalue weighted by atomic mass is 32.2. The Hall–Kier alpha value is -1.36. The number of hydrogen-bond donors (Lipinski definition) is 1. The van der Waals surface area contributed by atoms with Gasteiger partial charge in [-0.3, -0.25) is 9.71 Å². The summed E-state index contributed by atoms with van der Waals surface area (Å²) >= 11 is 0. The average Bonchev–Trinajstić information content (AvgIpc) is 2.29. The number of benzene rings is 1. The normalized spacial score (nSPS) is 13.8. The Kier molecular flexibility index (Phi) is 4.69. The second kappa shape index (κ2) is 5.82. The summed E-state index contributed by atoms with van der Waals surface area (Å²) in [4.78, 5) is 4.30. The molecular weight excluding hydrogens is 236 g/mol. The lowest BCUT2D eigenvalue weighted by atomic mass is 10.2. The molecule has 0 spiro atoms. The average molecular weight is 254 g/mol. The van der Waals surface area contributed by atoms with Crippen molar-refractivity contribution in [2.24, 2.45) is 4.99 Å². The Morgan fingerprint density at radius 1 is 1.35 bits per heavy atom. The molecule has 94 valence electrons. The fourth-order valence-electron chi connectivity index (χ4n) is 1.12. The van der Waals surface area contributed by atoms with E-state index in [1.807, 2.05) is 20.8 Å². The van der Waals surface area contributed by atoms with Gasteiger partial charge in [0, 0.05) is 6.04 Å². The molecule has 0 aliphatic rings. The first-order valence-corrected chi connectivity index (χ1v) is 7.04. The van der Waals surface area contributed by atoms with Crippen LogP contribution in [0.5, 0.6) is 0 Å². The van der Waals surface area contributed by atoms with Crippen molar-refractivity contribution in [3.8, 4) is 0 Å². The minimum absolute atomic E-state index is 0.121. The molecule has 0 aromatic heterocycles. The fraction of sp³-hybridized carbons (Fsp3) is 0.417. The van der Waals surface area contributed by atoms with Crippen molar-refractivity contribution < 1.29 is 8.42 Å². The summed E-state index contributed by atoms with van der Waals surface area (Å²) in [5, 5.41) is 0. The summed E-state index contributed by atoms with van der Waals surface area (Å²) < 4.78 is 26.0. The molecule has 0 amide bonds. The van der Waals surface area contributed by atoms with Crippen LogP contribution in [0.3, 0.4) is 0 Å². The van der Waals surface area contributed by atoms with E-state index < -0.39 is 10.0 Å². The van der Waals surface area contributed by atoms with E-state index in [1.165, 1.54) is 6.34 Å². The molecule has 0 aliphatic heterocycles. The van der Waals surface area contributed by atoms with Crippen LogP contribution in [0, 0.1) is 6.92 Å². The second-order valence-electron chi connectivity index (χ2n) is 3.97. The molecule has 1 aromatic carbocycles. The van der Waals surface area contributed by atoms with Crippen molar-refractivity contribution in [3.63, 3.8) is 0 Å². The van der Waals surface area contributed by atoms with Gasteiger partial charge in [0.25, 0.3) is 10.0 Å². The molecule has 0 heterocycles. The van der Waals surface area contributed by atoms with Crippen LogP contribution in [0.25, 0.3) is 0 Å². The van der Waals surface area contributed by atoms with E-state index in [-0.39, 0.29) is 10.9 Å². The Bertz CT molecular complexity index is 478. The molecule has 1 unspecified atom stereocenters. The van der Waals surface area contributed by atoms with Gasteiger partial charge in [-0.2, -0.15) is 0 Å². The van der Waals surface area contributed by atoms with Crippen LogP contribution >= 0.6 is 0 Å². The summed E-state index contributed by atoms with van der Waals surface area (Å²) in [6, 6.07) is 6.81. The van der Waals surface area contributed by atoms with Crippen LogP contribution < -0.4 is 4.72 Å². The monoisotopic (exact) mass is 254 g/mol. The number of nitrogens with one attached hydrogen (secondary N) is 1. The SMILES string of the molecule is CCC(C)N=CNS(=O)(=O)c1ccc(C)cc1. The maximum absolute atomic E-state index is 11.8. The highest BCUT2D eigenvalue weighted by Gasteiger charge is 2.11. The summed E-state index contributed by atoms with van der Waals surface area (Å²) in [5.74, 6) is 0. The highest BCUT2D eigenvalue weighted by molar-refractivity contribution is 7.90. The van der Waals surface area contributed by atoms with Gasteiger partial charge in [0.05, 0.1) is 11.2 Å². The summed E-state index contributed by atoms with van der Waals surface area (Å²) in [5.41, 5.74) is 1.03. The maximum Gasteiger partial charge on any atom is 0.262 e. The van der Waals surface area contributed by atoms with Crippen molar-refractivity contribution in [1.82, 2.24) is 4.72 Å². The Morgan fingerprint density at radius 2 is 1.94 bits per heavy atom. The lowest BCUT2D eigenvalue weighted by molar-refractivity contribution is 0.592. The third-order valence-electron chi connectivity index (χ3n) is 2.46. The topological polar surface area (TPSA) is 58.5 Å². The second-order valence-corrected chi connectivity index (χ2v) is 5.68. The zero-order valence-electron chi connectivity index (χ0n) is 10.3. The Balaban J connectivity index is 2.76. The molecule has 0 saturated heterocycles. The van der Waals surface area contributed by atoms with Crippen molar-refractivity contribution in [3.05, 3.63) is 29.8 Å². The van der Waals surface area contributed by atoms with E-state index in [2.05, 4.69) is 9.71 Å². The van der Waals surface area contributed by atoms with E-state index in [0.29, 0.717) is 0 Å². The molecule has 0 bridgehead atoms. The molecule has 0 fully saturated rings. The summed E-state index contributed by atoms with van der Waals surface area (Å²) in [6.45, 7) is 5.83. The lowest BCUT2D eigenvalue weighted by Crippen LogP contribution is -2.22. The van der Waals surface area contributed by atoms with Gasteiger partial charge in [-0.25, -0.2) is 8.42 Å². The van der Waals surface area contributed by atoms with E-state index in [1.54, 1.807) is 24.3 Å². The standard InChI is InChI=1S/C12H18N2O2S/c1-4-11(3)13-9-14-17(15,16)12-7-5-10(2)6-8-12/h5-9,11H,4H2,1-3H3,(H,13,14). The van der Waals surface area contributed by atoms with Gasteiger partial charge in [-0.1, -0.05) is 24.6 Å². The van der Waals surface area contributed by atoms with E-state index in [4.69, 9.17) is 0 Å². The van der Waals surface area contributed by atoms with E-state index in [9.17, 15) is 8.42 Å². The van der Waals surface area contributed by atoms with Gasteiger partial charge in [-0.15, -0.1) is 0 Å². The van der Waals surface area contributed by atoms with Gasteiger partial charge in [0.15, 0.2) is 0 Å². The van der Waals surface area contributed by atoms with Gasteiger partial charge >= 0.3 is 0 Å². The van der Waals surface area contributed by atoms with Gasteiger partial charge in [-0.05, 0) is 32.4 Å². The Labute approximate surface area is 103 Å². The third-order valence-corrected chi connectivity index (χ3v) is 3.77. The highest BCUT2D eigenvalue weighted by Crippen LogP contribution is 2.09. The number of aryl methyl sites for hydroxylation is 1. The molecule has 17 heavy (non-hydrogen) atoms. The minimum atomic E-state index is -3.48. The molecule has 0 radical (unpaired) electrons. The van der Waals surface area contributed by atoms with Gasteiger partial charge in [0.2, 0.25) is 0 Å². The van der Waals surface area contributed by atoms with Crippen LogP contribution in [0.4, 0.5) is 0 Å². The molecular formula is C12H18N2O2S. The number of hydrogen-bond acceptors (Lipinski definition) is 3. The number of rotatable bonds is 5. The molecule has 1 rings (SSSR count). The van der Waals surface area contributed by atoms with Crippen LogP contribution in [0.1, 0.15) is 25.8 Å². The minimum Gasteiger partial charge on any atom is -0.272 e. The third kappa shape index (κ3) is 4.19. The smallest absolute Gasteiger partial charge is 0.262 e. The molecule has 4 nitrogen and oxygen atoms in total. The Morgan fingerprint density at radius 3 is 2.47 bits per heavy atom. The number of aliphatic imine (C=N–C) groups is 1. The summed E-state index contributed by atoms with van der Waals surface area (Å²) in [6.07, 6.45) is 2.13. The van der Waals surface area contributed by atoms with Crippen molar-refractivity contribution >= 4 is 16.4 Å². The largest absolute Gasteiger partial charge is 0.272 e. The maximum atomic E-state index is 11.8. The van der Waals surface area contributed by atoms with Crippen molar-refractivity contribution in [2.75, 3.05) is 0 Å². The predicted molar refractivity (Wildman–Crippen MR) is 69.7 cm³/mol. The van der Waals surface area contributed by atoms with Gasteiger partial charge < -0.3 is 0 Å². The first kappa shape index (κ1) is 13.7. The molecule has 5 heteroatoms. The molecule has 0 saturated carbocycles. The molecule has 1 N–H and O–H groups in total. The predicted octanol–water partition coefficient (Wildman–Crippen LogP) is 2.10. The van der Waals surface area contributed by atoms with Crippen molar-refractivity contribution in [1.29, 1.82) is 0 Å². The van der Waals surface area contributed by atoms with Crippen LogP contribution in [-0.2, 0) is 10.0 Å². The molecule has 0 aliphatic carbocycles. The van der Waals surface area contributed by atoms with Crippen molar-refractivity contribution in [2.45, 2.75) is 38.1 Å². The zero-order chi connectivity index (χ0) is 12.9. The van der Waals surface area contributed by atoms with Gasteiger partial charge in [0.1, 0.15) is 0 Å². The van der Waals surface area contributed by atoms with Crippen LogP contribution in [-0.4, -0.2) is 20.8 Å². The fourth-order valence-corrected chi connectivity index (χ4v) is 1.95. The lowest BCUT2D eigenvalue weighted by Gasteiger charge is -2.05. The molecule has 1 aromatic rings.